The van der Waals surface area contributed by atoms with Gasteiger partial charge in [0.05, 0.1) is 22.3 Å². The zero-order valence-electron chi connectivity index (χ0n) is 41.4. The molecule has 0 aliphatic heterocycles. The molecule has 8 rings (SSSR count). The van der Waals surface area contributed by atoms with Crippen LogP contribution < -0.4 is 0 Å². The van der Waals surface area contributed by atoms with E-state index in [-0.39, 0.29) is 54.9 Å². The largest absolute Gasteiger partial charge is 0.507 e. The van der Waals surface area contributed by atoms with Gasteiger partial charge >= 0.3 is 0 Å². The van der Waals surface area contributed by atoms with Crippen LogP contribution >= 0.6 is 0 Å². The van der Waals surface area contributed by atoms with Crippen molar-refractivity contribution in [1.29, 1.82) is 0 Å². The van der Waals surface area contributed by atoms with Crippen LogP contribution in [0, 0.1) is 13.0 Å². The maximum Gasteiger partial charge on any atom is 0.148 e. The number of fused-ring (bicyclic) bond motifs is 1. The van der Waals surface area contributed by atoms with Gasteiger partial charge in [0.15, 0.2) is 0 Å². The van der Waals surface area contributed by atoms with E-state index >= 15 is 0 Å². The van der Waals surface area contributed by atoms with Crippen LogP contribution in [0.25, 0.3) is 72.7 Å². The molecule has 0 bridgehead atoms. The predicted octanol–water partition coefficient (Wildman–Crippen LogP) is 16.7. The molecule has 4 nitrogen and oxygen atoms in total. The second-order valence-corrected chi connectivity index (χ2v) is 21.8. The van der Waals surface area contributed by atoms with Crippen molar-refractivity contribution >= 4 is 11.0 Å². The van der Waals surface area contributed by atoms with Crippen LogP contribution in [0.1, 0.15) is 135 Å². The van der Waals surface area contributed by atoms with Crippen LogP contribution in [0.4, 0.5) is 0 Å². The Balaban J connectivity index is 0.00000648. The van der Waals surface area contributed by atoms with Gasteiger partial charge in [0.25, 0.3) is 0 Å². The third kappa shape index (κ3) is 9.63. The van der Waals surface area contributed by atoms with Crippen molar-refractivity contribution in [3.8, 4) is 67.5 Å². The van der Waals surface area contributed by atoms with Crippen molar-refractivity contribution in [3.05, 3.63) is 167 Å². The molecular formula is C61H66N3OPt-. The summed E-state index contributed by atoms with van der Waals surface area (Å²) in [7, 11) is 0. The van der Waals surface area contributed by atoms with E-state index in [9.17, 15) is 5.11 Å². The second kappa shape index (κ2) is 18.3. The number of pyridine rings is 1. The minimum Gasteiger partial charge on any atom is -0.507 e. The Kier molecular flexibility index (Phi) is 13.4. The zero-order valence-corrected chi connectivity index (χ0v) is 43.7. The van der Waals surface area contributed by atoms with E-state index in [1.165, 1.54) is 22.3 Å². The minimum atomic E-state index is -0.160. The van der Waals surface area contributed by atoms with E-state index in [1.54, 1.807) is 0 Å². The van der Waals surface area contributed by atoms with Gasteiger partial charge in [-0.2, -0.15) is 0 Å². The van der Waals surface area contributed by atoms with E-state index in [4.69, 9.17) is 9.97 Å². The van der Waals surface area contributed by atoms with Crippen LogP contribution in [0.5, 0.6) is 5.75 Å². The first kappa shape index (κ1) is 48.4. The summed E-state index contributed by atoms with van der Waals surface area (Å²) in [6, 6.07) is 48.0. The number of imidazole rings is 1. The van der Waals surface area contributed by atoms with Gasteiger partial charge in [-0.05, 0) is 98.2 Å². The first-order chi connectivity index (χ1) is 30.6. The van der Waals surface area contributed by atoms with Crippen molar-refractivity contribution < 1.29 is 26.2 Å². The van der Waals surface area contributed by atoms with Crippen LogP contribution in [0.3, 0.4) is 0 Å². The molecule has 342 valence electrons. The summed E-state index contributed by atoms with van der Waals surface area (Å²) in [6.45, 7) is 31.2. The van der Waals surface area contributed by atoms with E-state index in [1.807, 2.05) is 6.20 Å². The van der Waals surface area contributed by atoms with Crippen molar-refractivity contribution in [3.63, 3.8) is 0 Å². The molecule has 0 radical (unpaired) electrons. The summed E-state index contributed by atoms with van der Waals surface area (Å²) in [6.07, 6.45) is 1.90. The minimum absolute atomic E-state index is 0. The van der Waals surface area contributed by atoms with Crippen molar-refractivity contribution in [2.45, 2.75) is 125 Å². The molecule has 2 heterocycles. The summed E-state index contributed by atoms with van der Waals surface area (Å²) in [5.41, 5.74) is 18.5. The normalized spacial score (nSPS) is 12.3. The van der Waals surface area contributed by atoms with Crippen LogP contribution in [-0.2, 0) is 37.3 Å². The predicted molar refractivity (Wildman–Crippen MR) is 276 cm³/mol. The Morgan fingerprint density at radius 3 is 1.80 bits per heavy atom. The SMILES string of the molecule is Cc1ccc(-c2ccnc(-c3[c-]c(-c4cccc5c4nc(-c4cc(C(C)C)cc(C(C)C)c4O)n5-c4cc(C(C)(C)C)ccc4-c4ccc(C(C)(C)C)cc4)cc(C(C)(C)C)c3)c2)cc1.[Pt]. The van der Waals surface area contributed by atoms with Gasteiger partial charge in [-0.25, -0.2) is 4.98 Å². The molecule has 0 spiro atoms. The van der Waals surface area contributed by atoms with Gasteiger partial charge in [-0.1, -0.05) is 192 Å². The zero-order chi connectivity index (χ0) is 46.7. The van der Waals surface area contributed by atoms with Gasteiger partial charge in [-0.15, -0.1) is 29.3 Å². The Labute approximate surface area is 408 Å². The van der Waals surface area contributed by atoms with Gasteiger partial charge in [0, 0.05) is 38.5 Å². The molecule has 0 fully saturated rings. The quantitative estimate of drug-likeness (QED) is 0.154. The topological polar surface area (TPSA) is 50.9 Å². The average molecular weight is 1050 g/mol. The number of phenols is 1. The number of hydrogen-bond donors (Lipinski definition) is 1. The molecule has 0 aliphatic carbocycles. The van der Waals surface area contributed by atoms with E-state index in [2.05, 4.69) is 229 Å². The maximum atomic E-state index is 12.4. The van der Waals surface area contributed by atoms with Gasteiger partial charge in [0.2, 0.25) is 0 Å². The number of rotatable bonds is 8. The Hall–Kier alpha value is -5.57. The number of aromatic hydroxyl groups is 1. The molecule has 66 heavy (non-hydrogen) atoms. The molecule has 2 aromatic heterocycles. The van der Waals surface area contributed by atoms with Crippen molar-refractivity contribution in [1.82, 2.24) is 14.5 Å². The van der Waals surface area contributed by atoms with E-state index in [0.717, 1.165) is 78.0 Å². The number of benzene rings is 6. The first-order valence-electron chi connectivity index (χ1n) is 23.3. The number of para-hydroxylation sites is 1. The van der Waals surface area contributed by atoms with Crippen LogP contribution in [-0.4, -0.2) is 19.6 Å². The Bertz CT molecular complexity index is 3040. The monoisotopic (exact) mass is 1050 g/mol. The van der Waals surface area contributed by atoms with E-state index < -0.39 is 0 Å². The van der Waals surface area contributed by atoms with Gasteiger partial charge in [-0.3, -0.25) is 9.55 Å². The number of phenolic OH excluding ortho intramolecular Hbond substituents is 1. The Morgan fingerprint density at radius 1 is 0.561 bits per heavy atom. The fourth-order valence-corrected chi connectivity index (χ4v) is 8.73. The number of nitrogens with zero attached hydrogens (tertiary/aromatic N) is 3. The van der Waals surface area contributed by atoms with Gasteiger partial charge < -0.3 is 5.11 Å². The fraction of sp³-hybridized carbons (Fsp3) is 0.311. The standard InChI is InChI=1S/C61H66N3O.Pt/c1-37(2)43-33-51(38(3)4)57(65)52(34-43)58-63-56-50(44-30-45(32-48(31-44)61(12,13)14)53-35-42(28-29-62-53)40-20-18-39(5)19-21-40)16-15-17-54(56)64(58)55-36-47(60(9,10)11)26-27-49(55)41-22-24-46(25-23-41)59(6,7)8;/h15-29,31-38,65H,1-14H3;/q-1;. The summed E-state index contributed by atoms with van der Waals surface area (Å²) in [4.78, 5) is 10.6. The summed E-state index contributed by atoms with van der Waals surface area (Å²) in [5.74, 6) is 1.32. The smallest absolute Gasteiger partial charge is 0.148 e. The van der Waals surface area contributed by atoms with Crippen LogP contribution in [0.2, 0.25) is 0 Å². The Morgan fingerprint density at radius 2 is 1.18 bits per heavy atom. The third-order valence-corrected chi connectivity index (χ3v) is 13.0. The van der Waals surface area contributed by atoms with Gasteiger partial charge in [0.1, 0.15) is 11.6 Å². The number of aryl methyl sites for hydroxylation is 1. The molecule has 0 unspecified atom stereocenters. The second-order valence-electron chi connectivity index (χ2n) is 21.8. The number of hydrogen-bond acceptors (Lipinski definition) is 3. The molecule has 0 atom stereocenters. The fourth-order valence-electron chi connectivity index (χ4n) is 8.73. The summed E-state index contributed by atoms with van der Waals surface area (Å²) >= 11 is 0. The molecule has 8 aromatic rings. The number of aromatic nitrogens is 3. The molecule has 5 heteroatoms. The van der Waals surface area contributed by atoms with E-state index in [0.29, 0.717) is 5.82 Å². The third-order valence-electron chi connectivity index (χ3n) is 13.0. The molecular weight excluding hydrogens is 986 g/mol. The van der Waals surface area contributed by atoms with Crippen molar-refractivity contribution in [2.24, 2.45) is 0 Å². The molecule has 1 N–H and O–H groups in total. The maximum absolute atomic E-state index is 12.4. The molecule has 0 aliphatic rings. The van der Waals surface area contributed by atoms with Crippen molar-refractivity contribution in [2.75, 3.05) is 0 Å². The molecule has 0 saturated heterocycles. The molecule has 6 aromatic carbocycles. The summed E-state index contributed by atoms with van der Waals surface area (Å²) in [5, 5.41) is 12.4. The molecule has 0 amide bonds. The average Bonchev–Trinajstić information content (AvgIpc) is 3.65. The molecule has 0 saturated carbocycles. The summed E-state index contributed by atoms with van der Waals surface area (Å²) < 4.78 is 2.31. The van der Waals surface area contributed by atoms with Crippen LogP contribution in [0.15, 0.2) is 128 Å². The first-order valence-corrected chi connectivity index (χ1v) is 23.3.